The van der Waals surface area contributed by atoms with Crippen LogP contribution in [0.3, 0.4) is 0 Å². The molecule has 1 aliphatic rings. The Balaban J connectivity index is 2.37. The van der Waals surface area contributed by atoms with Crippen LogP contribution in [0, 0.1) is 0 Å². The second-order valence-electron chi connectivity index (χ2n) is 5.85. The number of sulfonamides is 1. The highest BCUT2D eigenvalue weighted by atomic mass is 32.2. The molecule has 0 unspecified atom stereocenters. The van der Waals surface area contributed by atoms with E-state index in [0.29, 0.717) is 6.07 Å². The van der Waals surface area contributed by atoms with Crippen molar-refractivity contribution in [2.24, 2.45) is 0 Å². The topological polar surface area (TPSA) is 59.5 Å². The minimum Gasteiger partial charge on any atom is -0.375 e. The monoisotopic (exact) mass is 338 g/mol. The normalized spacial score (nSPS) is 23.5. The second kappa shape index (κ2) is 5.47. The Morgan fingerprint density at radius 3 is 2.50 bits per heavy atom. The lowest BCUT2D eigenvalue weighted by atomic mass is 10.1. The summed E-state index contributed by atoms with van der Waals surface area (Å²) in [6.07, 6.45) is -4.14. The maximum absolute atomic E-state index is 12.7. The first-order chi connectivity index (χ1) is 9.94. The van der Waals surface area contributed by atoms with Crippen molar-refractivity contribution in [2.45, 2.75) is 43.5 Å². The molecule has 1 fully saturated rings. The van der Waals surface area contributed by atoms with Crippen LogP contribution in [-0.2, 0) is 20.9 Å². The lowest BCUT2D eigenvalue weighted by Crippen LogP contribution is -2.57. The van der Waals surface area contributed by atoms with Gasteiger partial charge in [-0.15, -0.1) is 0 Å². The molecule has 22 heavy (non-hydrogen) atoms. The van der Waals surface area contributed by atoms with Gasteiger partial charge < -0.3 is 4.74 Å². The molecule has 124 valence electrons. The van der Waals surface area contributed by atoms with Gasteiger partial charge in [0.1, 0.15) is 10.6 Å². The Morgan fingerprint density at radius 1 is 1.36 bits per heavy atom. The fraction of sp³-hybridized carbons (Fsp3) is 0.615. The van der Waals surface area contributed by atoms with Crippen molar-refractivity contribution in [2.75, 3.05) is 13.2 Å². The van der Waals surface area contributed by atoms with Crippen LogP contribution in [0.25, 0.3) is 0 Å². The molecule has 0 amide bonds. The Bertz CT molecular complexity index is 641. The standard InChI is InChI=1S/C13H17F3N2O3S/c1-9-7-18(12(2,3)8-21-9)22(19,20)10-4-5-11(17-6-10)13(14,15)16/h4-6,9H,7-8H2,1-3H3/t9-/m1/s1. The smallest absolute Gasteiger partial charge is 0.375 e. The number of ether oxygens (including phenoxy) is 1. The summed E-state index contributed by atoms with van der Waals surface area (Å²) < 4.78 is 69.5. The summed E-state index contributed by atoms with van der Waals surface area (Å²) in [5.74, 6) is 0. The van der Waals surface area contributed by atoms with E-state index in [2.05, 4.69) is 4.98 Å². The number of rotatable bonds is 2. The summed E-state index contributed by atoms with van der Waals surface area (Å²) in [6.45, 7) is 5.49. The van der Waals surface area contributed by atoms with Crippen molar-refractivity contribution in [1.29, 1.82) is 0 Å². The van der Waals surface area contributed by atoms with Crippen LogP contribution >= 0.6 is 0 Å². The predicted octanol–water partition coefficient (Wildman–Crippen LogP) is 2.29. The van der Waals surface area contributed by atoms with Crippen molar-refractivity contribution < 1.29 is 26.3 Å². The molecule has 2 heterocycles. The first-order valence-corrected chi connectivity index (χ1v) is 8.06. The van der Waals surface area contributed by atoms with E-state index in [4.69, 9.17) is 4.74 Å². The predicted molar refractivity (Wildman–Crippen MR) is 72.6 cm³/mol. The average Bonchev–Trinajstić information content (AvgIpc) is 2.40. The number of pyridine rings is 1. The summed E-state index contributed by atoms with van der Waals surface area (Å²) in [5, 5.41) is 0. The average molecular weight is 338 g/mol. The number of nitrogens with zero attached hydrogens (tertiary/aromatic N) is 2. The van der Waals surface area contributed by atoms with E-state index >= 15 is 0 Å². The van der Waals surface area contributed by atoms with Gasteiger partial charge in [-0.1, -0.05) is 0 Å². The van der Waals surface area contributed by atoms with E-state index in [1.807, 2.05) is 0 Å². The van der Waals surface area contributed by atoms with Gasteiger partial charge in [0, 0.05) is 12.7 Å². The van der Waals surface area contributed by atoms with Crippen LogP contribution in [0.2, 0.25) is 0 Å². The molecule has 2 rings (SSSR count). The molecule has 0 radical (unpaired) electrons. The molecular weight excluding hydrogens is 321 g/mol. The van der Waals surface area contributed by atoms with Crippen LogP contribution in [0.4, 0.5) is 13.2 Å². The number of hydrogen-bond acceptors (Lipinski definition) is 4. The third-order valence-corrected chi connectivity index (χ3v) is 5.49. The fourth-order valence-corrected chi connectivity index (χ4v) is 3.99. The molecule has 0 aromatic carbocycles. The summed E-state index contributed by atoms with van der Waals surface area (Å²) in [4.78, 5) is 2.95. The van der Waals surface area contributed by atoms with Crippen LogP contribution in [0.5, 0.6) is 0 Å². The summed E-state index contributed by atoms with van der Waals surface area (Å²) in [6, 6.07) is 1.60. The zero-order chi connectivity index (χ0) is 16.8. The molecule has 0 N–H and O–H groups in total. The van der Waals surface area contributed by atoms with Crippen molar-refractivity contribution in [1.82, 2.24) is 9.29 Å². The highest BCUT2D eigenvalue weighted by molar-refractivity contribution is 7.89. The highest BCUT2D eigenvalue weighted by Crippen LogP contribution is 2.31. The molecule has 9 heteroatoms. The number of halogens is 3. The van der Waals surface area contributed by atoms with Gasteiger partial charge in [0.2, 0.25) is 10.0 Å². The van der Waals surface area contributed by atoms with Gasteiger partial charge in [-0.25, -0.2) is 8.42 Å². The second-order valence-corrected chi connectivity index (χ2v) is 7.71. The number of aromatic nitrogens is 1. The molecule has 1 aromatic heterocycles. The van der Waals surface area contributed by atoms with Gasteiger partial charge in [-0.05, 0) is 32.9 Å². The number of hydrogen-bond donors (Lipinski definition) is 0. The van der Waals surface area contributed by atoms with Crippen LogP contribution < -0.4 is 0 Å². The summed E-state index contributed by atoms with van der Waals surface area (Å²) >= 11 is 0. The van der Waals surface area contributed by atoms with E-state index in [1.165, 1.54) is 4.31 Å². The first-order valence-electron chi connectivity index (χ1n) is 6.62. The third kappa shape index (κ3) is 3.26. The number of alkyl halides is 3. The lowest BCUT2D eigenvalue weighted by molar-refractivity contribution is -0.141. The zero-order valence-corrected chi connectivity index (χ0v) is 13.2. The molecular formula is C13H17F3N2O3S. The van der Waals surface area contributed by atoms with Gasteiger partial charge in [-0.2, -0.15) is 17.5 Å². The van der Waals surface area contributed by atoms with Crippen molar-refractivity contribution in [3.05, 3.63) is 24.0 Å². The number of morpholine rings is 1. The largest absolute Gasteiger partial charge is 0.433 e. The van der Waals surface area contributed by atoms with Gasteiger partial charge in [0.15, 0.2) is 0 Å². The molecule has 0 saturated carbocycles. The molecule has 1 saturated heterocycles. The SMILES string of the molecule is C[C@@H]1CN(S(=O)(=O)c2ccc(C(F)(F)F)nc2)C(C)(C)CO1. The molecule has 0 bridgehead atoms. The van der Waals surface area contributed by atoms with Gasteiger partial charge in [0.25, 0.3) is 0 Å². The zero-order valence-electron chi connectivity index (χ0n) is 12.4. The van der Waals surface area contributed by atoms with Crippen LogP contribution in [-0.4, -0.2) is 42.5 Å². The third-order valence-electron chi connectivity index (χ3n) is 3.43. The van der Waals surface area contributed by atoms with E-state index in [-0.39, 0.29) is 24.2 Å². The Labute approximate surface area is 127 Å². The van der Waals surface area contributed by atoms with E-state index in [9.17, 15) is 21.6 Å². The van der Waals surface area contributed by atoms with Gasteiger partial charge in [-0.3, -0.25) is 4.98 Å². The molecule has 0 spiro atoms. The lowest BCUT2D eigenvalue weighted by Gasteiger charge is -2.43. The maximum Gasteiger partial charge on any atom is 0.433 e. The fourth-order valence-electron chi connectivity index (χ4n) is 2.20. The molecule has 1 atom stereocenters. The minimum absolute atomic E-state index is 0.135. The first kappa shape index (κ1) is 17.2. The highest BCUT2D eigenvalue weighted by Gasteiger charge is 2.42. The van der Waals surface area contributed by atoms with E-state index in [0.717, 1.165) is 12.3 Å². The molecule has 0 aliphatic carbocycles. The minimum atomic E-state index is -4.60. The quantitative estimate of drug-likeness (QED) is 0.830. The maximum atomic E-state index is 12.7. The van der Waals surface area contributed by atoms with Crippen molar-refractivity contribution in [3.63, 3.8) is 0 Å². The molecule has 5 nitrogen and oxygen atoms in total. The van der Waals surface area contributed by atoms with Crippen molar-refractivity contribution >= 4 is 10.0 Å². The van der Waals surface area contributed by atoms with Crippen LogP contribution in [0.1, 0.15) is 26.5 Å². The van der Waals surface area contributed by atoms with E-state index < -0.39 is 27.4 Å². The summed E-state index contributed by atoms with van der Waals surface area (Å²) in [7, 11) is -3.94. The summed E-state index contributed by atoms with van der Waals surface area (Å²) in [5.41, 5.74) is -1.91. The Hall–Kier alpha value is -1.19. The van der Waals surface area contributed by atoms with Crippen LogP contribution in [0.15, 0.2) is 23.2 Å². The van der Waals surface area contributed by atoms with E-state index in [1.54, 1.807) is 20.8 Å². The molecule has 1 aromatic rings. The molecule has 1 aliphatic heterocycles. The van der Waals surface area contributed by atoms with Gasteiger partial charge >= 0.3 is 6.18 Å². The Morgan fingerprint density at radius 2 is 2.00 bits per heavy atom. The Kier molecular flexibility index (Phi) is 4.27. The van der Waals surface area contributed by atoms with Gasteiger partial charge in [0.05, 0.1) is 18.2 Å². The van der Waals surface area contributed by atoms with Crippen molar-refractivity contribution in [3.8, 4) is 0 Å².